The van der Waals surface area contributed by atoms with Crippen molar-refractivity contribution in [3.05, 3.63) is 52.8 Å². The average Bonchev–Trinajstić information content (AvgIpc) is 2.48. The zero-order valence-electron chi connectivity index (χ0n) is 12.6. The Kier molecular flexibility index (Phi) is 5.58. The summed E-state index contributed by atoms with van der Waals surface area (Å²) in [5.74, 6) is -2.57. The predicted molar refractivity (Wildman–Crippen MR) is 85.5 cm³/mol. The van der Waals surface area contributed by atoms with E-state index < -0.39 is 33.9 Å². The van der Waals surface area contributed by atoms with Crippen LogP contribution in [-0.4, -0.2) is 27.2 Å². The normalized spacial score (nSPS) is 11.4. The molecule has 2 aromatic rings. The summed E-state index contributed by atoms with van der Waals surface area (Å²) < 4.78 is 64.9. The summed E-state index contributed by atoms with van der Waals surface area (Å²) in [5, 5.41) is 2.29. The molecular formula is C15H11ClF3NO4S. The van der Waals surface area contributed by atoms with Crippen LogP contribution in [0.25, 0.3) is 0 Å². The van der Waals surface area contributed by atoms with Crippen LogP contribution in [0.15, 0.2) is 41.3 Å². The van der Waals surface area contributed by atoms with Crippen LogP contribution in [0.3, 0.4) is 0 Å². The summed E-state index contributed by atoms with van der Waals surface area (Å²) in [4.78, 5) is 12.1. The lowest BCUT2D eigenvalue weighted by Gasteiger charge is -2.10. The smallest absolute Gasteiger partial charge is 0.387 e. The maximum Gasteiger partial charge on any atom is 0.387 e. The number of carbonyl (C=O) groups excluding carboxylic acids is 1. The summed E-state index contributed by atoms with van der Waals surface area (Å²) in [5.41, 5.74) is -0.192. The Bertz CT molecular complexity index is 919. The minimum Gasteiger partial charge on any atom is -0.432 e. The van der Waals surface area contributed by atoms with Crippen LogP contribution < -0.4 is 10.1 Å². The third-order valence-corrected chi connectivity index (χ3v) is 4.46. The molecule has 5 nitrogen and oxygen atoms in total. The van der Waals surface area contributed by atoms with E-state index in [-0.39, 0.29) is 21.2 Å². The highest BCUT2D eigenvalue weighted by Gasteiger charge is 2.17. The molecule has 10 heteroatoms. The first kappa shape index (κ1) is 19.1. The van der Waals surface area contributed by atoms with Gasteiger partial charge in [-0.3, -0.25) is 4.79 Å². The molecule has 0 saturated carbocycles. The van der Waals surface area contributed by atoms with E-state index in [0.717, 1.165) is 30.5 Å². The fraction of sp³-hybridized carbons (Fsp3) is 0.133. The molecule has 0 unspecified atom stereocenters. The van der Waals surface area contributed by atoms with Crippen molar-refractivity contribution in [1.82, 2.24) is 0 Å². The zero-order valence-corrected chi connectivity index (χ0v) is 14.2. The first-order valence-corrected chi connectivity index (χ1v) is 8.90. The summed E-state index contributed by atoms with van der Waals surface area (Å²) >= 11 is 5.89. The van der Waals surface area contributed by atoms with Gasteiger partial charge in [-0.25, -0.2) is 12.8 Å². The number of hydrogen-bond donors (Lipinski definition) is 1. The zero-order chi connectivity index (χ0) is 18.8. The molecule has 0 bridgehead atoms. The van der Waals surface area contributed by atoms with Crippen molar-refractivity contribution >= 4 is 33.0 Å². The van der Waals surface area contributed by atoms with Crippen LogP contribution in [0.4, 0.5) is 18.9 Å². The number of halogens is 4. The Morgan fingerprint density at radius 1 is 1.20 bits per heavy atom. The van der Waals surface area contributed by atoms with Crippen LogP contribution in [0.5, 0.6) is 5.75 Å². The highest BCUT2D eigenvalue weighted by Crippen LogP contribution is 2.25. The summed E-state index contributed by atoms with van der Waals surface area (Å²) in [6, 6.07) is 6.41. The van der Waals surface area contributed by atoms with Crippen molar-refractivity contribution < 1.29 is 31.1 Å². The lowest BCUT2D eigenvalue weighted by molar-refractivity contribution is -0.0521. The van der Waals surface area contributed by atoms with E-state index in [4.69, 9.17) is 11.6 Å². The van der Waals surface area contributed by atoms with Gasteiger partial charge in [0, 0.05) is 18.0 Å². The van der Waals surface area contributed by atoms with Crippen LogP contribution in [-0.2, 0) is 9.84 Å². The number of nitrogens with one attached hydrogen (secondary N) is 1. The second-order valence-corrected chi connectivity index (χ2v) is 7.31. The van der Waals surface area contributed by atoms with Gasteiger partial charge >= 0.3 is 6.61 Å². The number of anilines is 1. The van der Waals surface area contributed by atoms with Gasteiger partial charge in [0.15, 0.2) is 21.4 Å². The highest BCUT2D eigenvalue weighted by atomic mass is 35.5. The summed E-state index contributed by atoms with van der Waals surface area (Å²) in [6.07, 6.45) is 0.967. The number of amides is 1. The largest absolute Gasteiger partial charge is 0.432 e. The third-order valence-electron chi connectivity index (χ3n) is 3.02. The number of carbonyl (C=O) groups is 1. The second-order valence-electron chi connectivity index (χ2n) is 4.89. The van der Waals surface area contributed by atoms with Gasteiger partial charge in [-0.15, -0.1) is 0 Å². The average molecular weight is 394 g/mol. The topological polar surface area (TPSA) is 72.5 Å². The molecule has 1 amide bonds. The molecule has 0 saturated heterocycles. The van der Waals surface area contributed by atoms with Crippen LogP contribution in [0.2, 0.25) is 5.02 Å². The van der Waals surface area contributed by atoms with Gasteiger partial charge < -0.3 is 10.1 Å². The Balaban J connectivity index is 2.27. The molecule has 0 atom stereocenters. The fourth-order valence-corrected chi connectivity index (χ4v) is 2.73. The van der Waals surface area contributed by atoms with Gasteiger partial charge in [0.25, 0.3) is 5.91 Å². The molecule has 0 fully saturated rings. The molecule has 0 spiro atoms. The Hall–Kier alpha value is -2.26. The lowest BCUT2D eigenvalue weighted by atomic mass is 10.2. The van der Waals surface area contributed by atoms with Crippen molar-refractivity contribution in [3.63, 3.8) is 0 Å². The Morgan fingerprint density at radius 2 is 1.88 bits per heavy atom. The van der Waals surface area contributed by atoms with Gasteiger partial charge in [0.2, 0.25) is 0 Å². The van der Waals surface area contributed by atoms with Crippen LogP contribution >= 0.6 is 11.6 Å². The minimum absolute atomic E-state index is 0.0111. The molecule has 0 radical (unpaired) electrons. The standard InChI is InChI=1S/C15H11ClF3NO4S/c1-25(22,23)9-3-4-11(16)10(7-9)14(21)20-8-2-5-13(12(17)6-8)24-15(18)19/h2-7,15H,1H3,(H,20,21). The molecule has 1 N–H and O–H groups in total. The molecule has 2 rings (SSSR count). The van der Waals surface area contributed by atoms with Gasteiger partial charge in [-0.2, -0.15) is 8.78 Å². The quantitative estimate of drug-likeness (QED) is 0.840. The van der Waals surface area contributed by atoms with Crippen LogP contribution in [0, 0.1) is 5.82 Å². The van der Waals surface area contributed by atoms with E-state index in [9.17, 15) is 26.4 Å². The van der Waals surface area contributed by atoms with E-state index in [1.807, 2.05) is 0 Å². The van der Waals surface area contributed by atoms with Gasteiger partial charge in [0.1, 0.15) is 0 Å². The number of hydrogen-bond acceptors (Lipinski definition) is 4. The van der Waals surface area contributed by atoms with Crippen molar-refractivity contribution in [2.24, 2.45) is 0 Å². The van der Waals surface area contributed by atoms with E-state index >= 15 is 0 Å². The second kappa shape index (κ2) is 7.32. The molecule has 0 aliphatic heterocycles. The molecule has 25 heavy (non-hydrogen) atoms. The molecular weight excluding hydrogens is 383 g/mol. The molecule has 0 aliphatic carbocycles. The number of alkyl halides is 2. The lowest BCUT2D eigenvalue weighted by Crippen LogP contribution is -2.14. The van der Waals surface area contributed by atoms with Crippen LogP contribution in [0.1, 0.15) is 10.4 Å². The predicted octanol–water partition coefficient (Wildman–Crippen LogP) is 3.74. The number of sulfone groups is 1. The number of rotatable bonds is 5. The van der Waals surface area contributed by atoms with Gasteiger partial charge in [-0.1, -0.05) is 11.6 Å². The van der Waals surface area contributed by atoms with E-state index in [1.54, 1.807) is 0 Å². The number of benzene rings is 2. The monoisotopic (exact) mass is 393 g/mol. The first-order valence-electron chi connectivity index (χ1n) is 6.63. The first-order chi connectivity index (χ1) is 11.6. The number of ether oxygens (including phenoxy) is 1. The van der Waals surface area contributed by atoms with Crippen molar-refractivity contribution in [3.8, 4) is 5.75 Å². The highest BCUT2D eigenvalue weighted by molar-refractivity contribution is 7.90. The third kappa shape index (κ3) is 4.86. The minimum atomic E-state index is -3.56. The molecule has 0 aliphatic rings. The Labute approximate surface area is 146 Å². The maximum absolute atomic E-state index is 13.6. The molecule has 2 aromatic carbocycles. The van der Waals surface area contributed by atoms with Gasteiger partial charge in [-0.05, 0) is 30.3 Å². The molecule has 134 valence electrons. The SMILES string of the molecule is CS(=O)(=O)c1ccc(Cl)c(C(=O)Nc2ccc(OC(F)F)c(F)c2)c1. The van der Waals surface area contributed by atoms with Crippen molar-refractivity contribution in [2.75, 3.05) is 11.6 Å². The Morgan fingerprint density at radius 3 is 2.44 bits per heavy atom. The van der Waals surface area contributed by atoms with Gasteiger partial charge in [0.05, 0.1) is 15.5 Å². The maximum atomic E-state index is 13.6. The van der Waals surface area contributed by atoms with E-state index in [0.29, 0.717) is 0 Å². The van der Waals surface area contributed by atoms with E-state index in [2.05, 4.69) is 10.1 Å². The summed E-state index contributed by atoms with van der Waals surface area (Å²) in [7, 11) is -3.56. The van der Waals surface area contributed by atoms with Crippen molar-refractivity contribution in [1.29, 1.82) is 0 Å². The molecule has 0 aromatic heterocycles. The summed E-state index contributed by atoms with van der Waals surface area (Å²) in [6.45, 7) is -3.19. The fourth-order valence-electron chi connectivity index (χ4n) is 1.88. The molecule has 0 heterocycles. The van der Waals surface area contributed by atoms with Crippen molar-refractivity contribution in [2.45, 2.75) is 11.5 Å². The van der Waals surface area contributed by atoms with E-state index in [1.165, 1.54) is 12.1 Å².